The molecule has 2 aliphatic carbocycles. The van der Waals surface area contributed by atoms with E-state index in [2.05, 4.69) is 194 Å². The molecular weight excluding hydrogens is 673 g/mol. The molecule has 0 aliphatic heterocycles. The lowest BCUT2D eigenvalue weighted by Gasteiger charge is -2.24. The average molecular weight is 709 g/mol. The monoisotopic (exact) mass is 708 g/mol. The number of allylic oxidation sites excluding steroid dienone is 3. The molecule has 0 heterocycles. The summed E-state index contributed by atoms with van der Waals surface area (Å²) in [6.45, 7) is 0. The van der Waals surface area contributed by atoms with Gasteiger partial charge in [-0.25, -0.2) is 0 Å². The molecule has 0 bridgehead atoms. The van der Waals surface area contributed by atoms with E-state index in [1.165, 1.54) is 121 Å². The summed E-state index contributed by atoms with van der Waals surface area (Å²) >= 11 is 0. The highest BCUT2D eigenvalue weighted by molar-refractivity contribution is 6.27. The first-order valence-corrected chi connectivity index (χ1v) is 19.8. The van der Waals surface area contributed by atoms with Gasteiger partial charge in [0.05, 0.1) is 0 Å². The van der Waals surface area contributed by atoms with E-state index in [0.717, 1.165) is 12.8 Å². The largest absolute Gasteiger partial charge is 0.0795 e. The van der Waals surface area contributed by atoms with E-state index in [9.17, 15) is 0 Å². The lowest BCUT2D eigenvalue weighted by molar-refractivity contribution is 1.23. The lowest BCUT2D eigenvalue weighted by atomic mass is 9.80. The Morgan fingerprint density at radius 3 is 1.32 bits per heavy atom. The van der Waals surface area contributed by atoms with Crippen LogP contribution < -0.4 is 0 Å². The summed E-state index contributed by atoms with van der Waals surface area (Å²) in [6, 6.07) is 65.7. The topological polar surface area (TPSA) is 0 Å². The number of benzene rings is 10. The zero-order valence-electron chi connectivity index (χ0n) is 30.9. The Morgan fingerprint density at radius 1 is 0.321 bits per heavy atom. The van der Waals surface area contributed by atoms with Crippen molar-refractivity contribution < 1.29 is 0 Å². The van der Waals surface area contributed by atoms with Crippen LogP contribution in [0.2, 0.25) is 0 Å². The van der Waals surface area contributed by atoms with Gasteiger partial charge in [-0.2, -0.15) is 0 Å². The van der Waals surface area contributed by atoms with E-state index in [1.54, 1.807) is 0 Å². The Morgan fingerprint density at radius 2 is 0.768 bits per heavy atom. The summed E-state index contributed by atoms with van der Waals surface area (Å²) in [5, 5.41) is 10.7. The Bertz CT molecular complexity index is 3230. The predicted molar refractivity (Wildman–Crippen MR) is 240 cm³/mol. The first kappa shape index (κ1) is 31.3. The third-order valence-corrected chi connectivity index (χ3v) is 12.5. The van der Waals surface area contributed by atoms with Gasteiger partial charge in [0.15, 0.2) is 0 Å². The van der Waals surface area contributed by atoms with Crippen molar-refractivity contribution in [3.8, 4) is 55.6 Å². The van der Waals surface area contributed by atoms with Gasteiger partial charge in [0.1, 0.15) is 0 Å². The molecule has 0 unspecified atom stereocenters. The minimum atomic E-state index is 1.02. The summed E-state index contributed by atoms with van der Waals surface area (Å²) < 4.78 is 0. The summed E-state index contributed by atoms with van der Waals surface area (Å²) in [7, 11) is 0. The second-order valence-electron chi connectivity index (χ2n) is 15.5. The molecule has 0 saturated heterocycles. The Labute approximate surface area is 326 Å². The van der Waals surface area contributed by atoms with Crippen molar-refractivity contribution in [1.29, 1.82) is 0 Å². The van der Waals surface area contributed by atoms with E-state index < -0.39 is 0 Å². The van der Waals surface area contributed by atoms with Crippen LogP contribution >= 0.6 is 0 Å². The second-order valence-corrected chi connectivity index (χ2v) is 15.5. The van der Waals surface area contributed by atoms with Gasteiger partial charge in [0.2, 0.25) is 0 Å². The van der Waals surface area contributed by atoms with Gasteiger partial charge in [0, 0.05) is 0 Å². The molecule has 56 heavy (non-hydrogen) atoms. The fourth-order valence-electron chi connectivity index (χ4n) is 9.74. The van der Waals surface area contributed by atoms with Crippen LogP contribution in [0.1, 0.15) is 23.1 Å². The van der Waals surface area contributed by atoms with E-state index in [1.807, 2.05) is 0 Å². The van der Waals surface area contributed by atoms with Crippen LogP contribution in [0.25, 0.3) is 110 Å². The Hall–Kier alpha value is -7.02. The summed E-state index contributed by atoms with van der Waals surface area (Å²) in [5.74, 6) is 0. The van der Waals surface area contributed by atoms with Crippen molar-refractivity contribution in [2.45, 2.75) is 12.8 Å². The standard InChI is InChI=1S/C56H36/c1-2-5-39(6-3-1)47-29-24-45-28-34-52-49(31-25-46-27-33-51(47)55(45)56(46)52)41-19-15-38(16-20-41)36-11-9-35(10-12-36)37-13-17-40(18-14-37)48-30-23-44-22-21-42-7-4-8-43-26-32-50(48)54(44)53(42)43/h1-6,8-21,23-34H,7,22H2. The second kappa shape index (κ2) is 12.2. The SMILES string of the molecule is C1=Cc2ccc3c(-c4ccc(-c5ccc(-c6ccc(-c7ccc8ccc9c(-c%10ccccc%10)ccc%10ccc7c8c%109)cc6)cc5)cc4)ccc4c3c2C(=CC4)C1. The molecule has 0 heteroatoms. The molecule has 0 fully saturated rings. The molecule has 2 aliphatic rings. The molecule has 0 radical (unpaired) electrons. The van der Waals surface area contributed by atoms with Crippen LogP contribution in [0, 0.1) is 0 Å². The minimum Gasteiger partial charge on any atom is -0.0795 e. The van der Waals surface area contributed by atoms with Crippen molar-refractivity contribution in [3.63, 3.8) is 0 Å². The van der Waals surface area contributed by atoms with Gasteiger partial charge >= 0.3 is 0 Å². The van der Waals surface area contributed by atoms with Crippen molar-refractivity contribution in [1.82, 2.24) is 0 Å². The van der Waals surface area contributed by atoms with E-state index >= 15 is 0 Å². The van der Waals surface area contributed by atoms with Crippen LogP contribution in [-0.4, -0.2) is 0 Å². The fraction of sp³-hybridized carbons (Fsp3) is 0.0357. The van der Waals surface area contributed by atoms with E-state index in [4.69, 9.17) is 0 Å². The van der Waals surface area contributed by atoms with Gasteiger partial charge in [-0.3, -0.25) is 0 Å². The maximum Gasteiger partial charge on any atom is -0.00203 e. The van der Waals surface area contributed by atoms with Gasteiger partial charge < -0.3 is 0 Å². The summed E-state index contributed by atoms with van der Waals surface area (Å²) in [4.78, 5) is 0. The molecule has 0 amide bonds. The normalized spacial score (nSPS) is 13.2. The molecule has 0 aromatic heterocycles. The highest BCUT2D eigenvalue weighted by Crippen LogP contribution is 2.45. The third-order valence-electron chi connectivity index (χ3n) is 12.5. The number of hydrogen-bond acceptors (Lipinski definition) is 0. The molecule has 0 N–H and O–H groups in total. The summed E-state index contributed by atoms with van der Waals surface area (Å²) in [5.41, 5.74) is 18.2. The van der Waals surface area contributed by atoms with Crippen LogP contribution in [0.5, 0.6) is 0 Å². The van der Waals surface area contributed by atoms with Gasteiger partial charge in [-0.1, -0.05) is 194 Å². The van der Waals surface area contributed by atoms with Gasteiger partial charge in [0.25, 0.3) is 0 Å². The molecule has 12 rings (SSSR count). The average Bonchev–Trinajstić information content (AvgIpc) is 3.28. The maximum absolute atomic E-state index is 2.43. The number of rotatable bonds is 5. The maximum atomic E-state index is 2.43. The van der Waals surface area contributed by atoms with Gasteiger partial charge in [-0.15, -0.1) is 0 Å². The molecular formula is C56H36. The Balaban J connectivity index is 0.838. The van der Waals surface area contributed by atoms with Crippen LogP contribution in [-0.2, 0) is 6.42 Å². The smallest absolute Gasteiger partial charge is 0.00203 e. The van der Waals surface area contributed by atoms with Crippen molar-refractivity contribution in [2.75, 3.05) is 0 Å². The quantitative estimate of drug-likeness (QED) is 0.156. The molecule has 10 aromatic rings. The first-order chi connectivity index (χ1) is 27.7. The zero-order chi connectivity index (χ0) is 36.7. The highest BCUT2D eigenvalue weighted by Gasteiger charge is 2.21. The molecule has 0 spiro atoms. The van der Waals surface area contributed by atoms with Crippen LogP contribution in [0.4, 0.5) is 0 Å². The van der Waals surface area contributed by atoms with Gasteiger partial charge in [-0.05, 0) is 134 Å². The molecule has 0 nitrogen and oxygen atoms in total. The van der Waals surface area contributed by atoms with Crippen molar-refractivity contribution >= 4 is 54.7 Å². The highest BCUT2D eigenvalue weighted by atomic mass is 14.2. The third kappa shape index (κ3) is 4.79. The zero-order valence-corrected chi connectivity index (χ0v) is 30.9. The lowest BCUT2D eigenvalue weighted by Crippen LogP contribution is -2.03. The van der Waals surface area contributed by atoms with E-state index in [-0.39, 0.29) is 0 Å². The minimum absolute atomic E-state index is 1.02. The van der Waals surface area contributed by atoms with Crippen LogP contribution in [0.3, 0.4) is 0 Å². The van der Waals surface area contributed by atoms with E-state index in [0.29, 0.717) is 0 Å². The molecule has 0 saturated carbocycles. The molecule has 0 atom stereocenters. The Kier molecular flexibility index (Phi) is 6.86. The number of hydrogen-bond donors (Lipinski definition) is 0. The first-order valence-electron chi connectivity index (χ1n) is 19.8. The van der Waals surface area contributed by atoms with Crippen molar-refractivity contribution in [2.24, 2.45) is 0 Å². The van der Waals surface area contributed by atoms with Crippen LogP contribution in [0.15, 0.2) is 188 Å². The fourth-order valence-corrected chi connectivity index (χ4v) is 9.74. The van der Waals surface area contributed by atoms with Crippen molar-refractivity contribution in [3.05, 3.63) is 205 Å². The molecule has 10 aromatic carbocycles. The predicted octanol–water partition coefficient (Wildman–Crippen LogP) is 15.4. The molecule has 260 valence electrons. The summed E-state index contributed by atoms with van der Waals surface area (Å²) in [6.07, 6.45) is 9.07.